The number of phenolic OH excluding ortho intramolecular Hbond substituents is 2. The van der Waals surface area contributed by atoms with Crippen LogP contribution in [0.2, 0.25) is 0 Å². The first-order valence-corrected chi connectivity index (χ1v) is 3.83. The summed E-state index contributed by atoms with van der Waals surface area (Å²) in [6.07, 6.45) is 0. The van der Waals surface area contributed by atoms with E-state index in [4.69, 9.17) is 5.73 Å². The van der Waals surface area contributed by atoms with Crippen molar-refractivity contribution in [3.05, 3.63) is 17.7 Å². The third-order valence-corrected chi connectivity index (χ3v) is 1.78. The Labute approximate surface area is 71.5 Å². The van der Waals surface area contributed by atoms with Crippen molar-refractivity contribution >= 4 is 5.69 Å². The van der Waals surface area contributed by atoms with Gasteiger partial charge in [-0.15, -0.1) is 0 Å². The van der Waals surface area contributed by atoms with E-state index in [1.807, 2.05) is 13.8 Å². The predicted molar refractivity (Wildman–Crippen MR) is 48.3 cm³/mol. The Morgan fingerprint density at radius 1 is 1.25 bits per heavy atom. The van der Waals surface area contributed by atoms with Gasteiger partial charge in [0, 0.05) is 11.6 Å². The minimum Gasteiger partial charge on any atom is -0.508 e. The molecule has 0 unspecified atom stereocenters. The van der Waals surface area contributed by atoms with Crippen LogP contribution in [-0.4, -0.2) is 10.2 Å². The first-order valence-electron chi connectivity index (χ1n) is 3.83. The lowest BCUT2D eigenvalue weighted by Gasteiger charge is -2.10. The molecule has 0 heterocycles. The minimum absolute atomic E-state index is 0.0720. The van der Waals surface area contributed by atoms with E-state index < -0.39 is 0 Å². The van der Waals surface area contributed by atoms with Crippen molar-refractivity contribution in [2.45, 2.75) is 19.8 Å². The highest BCUT2D eigenvalue weighted by atomic mass is 16.3. The van der Waals surface area contributed by atoms with Gasteiger partial charge in [-0.3, -0.25) is 0 Å². The van der Waals surface area contributed by atoms with Crippen LogP contribution < -0.4 is 5.73 Å². The fourth-order valence-corrected chi connectivity index (χ4v) is 1.10. The lowest BCUT2D eigenvalue weighted by atomic mass is 10.0. The van der Waals surface area contributed by atoms with E-state index >= 15 is 0 Å². The van der Waals surface area contributed by atoms with Gasteiger partial charge in [0.15, 0.2) is 0 Å². The summed E-state index contributed by atoms with van der Waals surface area (Å²) in [4.78, 5) is 0. The van der Waals surface area contributed by atoms with E-state index in [9.17, 15) is 10.2 Å². The van der Waals surface area contributed by atoms with Crippen molar-refractivity contribution in [2.24, 2.45) is 0 Å². The van der Waals surface area contributed by atoms with Crippen LogP contribution in [0.25, 0.3) is 0 Å². The summed E-state index contributed by atoms with van der Waals surface area (Å²) in [6, 6.07) is 2.86. The molecule has 0 aromatic heterocycles. The van der Waals surface area contributed by atoms with E-state index in [0.717, 1.165) is 0 Å². The third-order valence-electron chi connectivity index (χ3n) is 1.78. The zero-order chi connectivity index (χ0) is 9.30. The van der Waals surface area contributed by atoms with Crippen LogP contribution in [0, 0.1) is 0 Å². The van der Waals surface area contributed by atoms with Gasteiger partial charge < -0.3 is 15.9 Å². The van der Waals surface area contributed by atoms with Crippen molar-refractivity contribution in [2.75, 3.05) is 5.73 Å². The van der Waals surface area contributed by atoms with E-state index in [0.29, 0.717) is 5.56 Å². The zero-order valence-corrected chi connectivity index (χ0v) is 7.20. The minimum atomic E-state index is 0.0720. The molecule has 12 heavy (non-hydrogen) atoms. The Morgan fingerprint density at radius 3 is 2.33 bits per heavy atom. The maximum atomic E-state index is 9.46. The second kappa shape index (κ2) is 2.93. The zero-order valence-electron chi connectivity index (χ0n) is 7.20. The maximum absolute atomic E-state index is 9.46. The molecule has 0 aliphatic carbocycles. The average molecular weight is 167 g/mol. The van der Waals surface area contributed by atoms with E-state index in [1.165, 1.54) is 12.1 Å². The summed E-state index contributed by atoms with van der Waals surface area (Å²) in [5, 5.41) is 18.6. The Hall–Kier alpha value is -1.38. The first kappa shape index (κ1) is 8.71. The fraction of sp³-hybridized carbons (Fsp3) is 0.333. The van der Waals surface area contributed by atoms with Gasteiger partial charge in [-0.1, -0.05) is 13.8 Å². The molecule has 0 atom stereocenters. The molecule has 4 N–H and O–H groups in total. The highest BCUT2D eigenvalue weighted by molar-refractivity contribution is 5.60. The molecule has 1 rings (SSSR count). The molecule has 0 radical (unpaired) electrons. The lowest BCUT2D eigenvalue weighted by Crippen LogP contribution is -1.93. The largest absolute Gasteiger partial charge is 0.508 e. The number of hydrogen-bond donors (Lipinski definition) is 3. The monoisotopic (exact) mass is 167 g/mol. The van der Waals surface area contributed by atoms with Crippen LogP contribution in [0.15, 0.2) is 12.1 Å². The van der Waals surface area contributed by atoms with Crippen LogP contribution in [-0.2, 0) is 0 Å². The van der Waals surface area contributed by atoms with Crippen LogP contribution in [0.1, 0.15) is 25.3 Å². The molecule has 1 aromatic carbocycles. The van der Waals surface area contributed by atoms with Crippen molar-refractivity contribution in [3.63, 3.8) is 0 Å². The number of rotatable bonds is 1. The van der Waals surface area contributed by atoms with Crippen molar-refractivity contribution in [1.29, 1.82) is 0 Å². The molecule has 0 bridgehead atoms. The van der Waals surface area contributed by atoms with Gasteiger partial charge in [-0.05, 0) is 12.0 Å². The second-order valence-corrected chi connectivity index (χ2v) is 3.13. The van der Waals surface area contributed by atoms with Crippen LogP contribution >= 0.6 is 0 Å². The molecular formula is C9H13NO2. The lowest BCUT2D eigenvalue weighted by molar-refractivity contribution is 0.454. The SMILES string of the molecule is CC(C)c1cc(O)cc(N)c1O. The maximum Gasteiger partial charge on any atom is 0.142 e. The molecule has 0 aliphatic heterocycles. The molecule has 0 saturated carbocycles. The van der Waals surface area contributed by atoms with Gasteiger partial charge >= 0.3 is 0 Å². The van der Waals surface area contributed by atoms with Gasteiger partial charge in [0.25, 0.3) is 0 Å². The smallest absolute Gasteiger partial charge is 0.142 e. The Bertz CT molecular complexity index is 295. The van der Waals surface area contributed by atoms with E-state index in [-0.39, 0.29) is 23.1 Å². The Balaban J connectivity index is 3.28. The van der Waals surface area contributed by atoms with Crippen LogP contribution in [0.3, 0.4) is 0 Å². The standard InChI is InChI=1S/C9H13NO2/c1-5(2)7-3-6(11)4-8(10)9(7)12/h3-5,11-12H,10H2,1-2H3. The normalized spacial score (nSPS) is 10.6. The molecule has 3 heteroatoms. The predicted octanol–water partition coefficient (Wildman–Crippen LogP) is 1.80. The van der Waals surface area contributed by atoms with E-state index in [1.54, 1.807) is 0 Å². The summed E-state index contributed by atoms with van der Waals surface area (Å²) in [5.74, 6) is 0.316. The van der Waals surface area contributed by atoms with Crippen molar-refractivity contribution in [1.82, 2.24) is 0 Å². The molecule has 1 aromatic rings. The molecular weight excluding hydrogens is 154 g/mol. The fourth-order valence-electron chi connectivity index (χ4n) is 1.10. The van der Waals surface area contributed by atoms with Gasteiger partial charge in [0.2, 0.25) is 0 Å². The molecule has 0 fully saturated rings. The highest BCUT2D eigenvalue weighted by Crippen LogP contribution is 2.34. The number of benzene rings is 1. The second-order valence-electron chi connectivity index (χ2n) is 3.13. The van der Waals surface area contributed by atoms with Crippen LogP contribution in [0.4, 0.5) is 5.69 Å². The third kappa shape index (κ3) is 1.44. The number of nitrogens with two attached hydrogens (primary N) is 1. The summed E-state index contributed by atoms with van der Waals surface area (Å²) in [6.45, 7) is 3.85. The molecule has 0 spiro atoms. The van der Waals surface area contributed by atoms with Gasteiger partial charge in [-0.25, -0.2) is 0 Å². The number of anilines is 1. The number of phenols is 2. The number of nitrogen functional groups attached to an aromatic ring is 1. The average Bonchev–Trinajstić information content (AvgIpc) is 1.96. The summed E-state index contributed by atoms with van der Waals surface area (Å²) < 4.78 is 0. The topological polar surface area (TPSA) is 66.5 Å². The summed E-state index contributed by atoms with van der Waals surface area (Å²) in [7, 11) is 0. The Kier molecular flexibility index (Phi) is 2.13. The van der Waals surface area contributed by atoms with E-state index in [2.05, 4.69) is 0 Å². The number of aromatic hydroxyl groups is 2. The molecule has 66 valence electrons. The summed E-state index contributed by atoms with van der Waals surface area (Å²) >= 11 is 0. The number of hydrogen-bond acceptors (Lipinski definition) is 3. The molecule has 3 nitrogen and oxygen atoms in total. The first-order chi connectivity index (χ1) is 5.52. The molecule has 0 amide bonds. The summed E-state index contributed by atoms with van der Waals surface area (Å²) in [5.41, 5.74) is 6.34. The van der Waals surface area contributed by atoms with Gasteiger partial charge in [0.1, 0.15) is 11.5 Å². The highest BCUT2D eigenvalue weighted by Gasteiger charge is 2.09. The van der Waals surface area contributed by atoms with Crippen LogP contribution in [0.5, 0.6) is 11.5 Å². The molecule has 0 saturated heterocycles. The Morgan fingerprint density at radius 2 is 1.83 bits per heavy atom. The van der Waals surface area contributed by atoms with Crippen molar-refractivity contribution < 1.29 is 10.2 Å². The quantitative estimate of drug-likeness (QED) is 0.339. The van der Waals surface area contributed by atoms with Crippen molar-refractivity contribution in [3.8, 4) is 11.5 Å². The van der Waals surface area contributed by atoms with Gasteiger partial charge in [-0.2, -0.15) is 0 Å². The van der Waals surface area contributed by atoms with Gasteiger partial charge in [0.05, 0.1) is 5.69 Å². The molecule has 0 aliphatic rings.